The average molecular weight is 330 g/mol. The van der Waals surface area contributed by atoms with Crippen molar-refractivity contribution in [3.05, 3.63) is 35.5 Å². The van der Waals surface area contributed by atoms with Crippen molar-refractivity contribution in [1.82, 2.24) is 9.78 Å². The van der Waals surface area contributed by atoms with Crippen LogP contribution in [0.25, 0.3) is 0 Å². The van der Waals surface area contributed by atoms with Crippen LogP contribution in [0.4, 0.5) is 5.82 Å². The maximum absolute atomic E-state index is 12.0. The Morgan fingerprint density at radius 3 is 2.96 bits per heavy atom. The van der Waals surface area contributed by atoms with E-state index in [-0.39, 0.29) is 18.4 Å². The van der Waals surface area contributed by atoms with Crippen LogP contribution in [0.1, 0.15) is 23.5 Å². The molecule has 1 aliphatic rings. The molecule has 0 saturated heterocycles. The summed E-state index contributed by atoms with van der Waals surface area (Å²) in [5, 5.41) is 7.05. The zero-order chi connectivity index (χ0) is 17.3. The van der Waals surface area contributed by atoms with E-state index in [4.69, 9.17) is 15.2 Å². The molecule has 126 valence electrons. The van der Waals surface area contributed by atoms with E-state index >= 15 is 0 Å². The van der Waals surface area contributed by atoms with Gasteiger partial charge in [0.05, 0.1) is 13.3 Å². The normalized spacial score (nSPS) is 16.2. The highest BCUT2D eigenvalue weighted by Crippen LogP contribution is 2.39. The molecule has 24 heavy (non-hydrogen) atoms. The van der Waals surface area contributed by atoms with Gasteiger partial charge in [-0.25, -0.2) is 0 Å². The Kier molecular flexibility index (Phi) is 4.11. The molecule has 8 nitrogen and oxygen atoms in total. The number of aryl methyl sites for hydroxylation is 1. The number of amides is 2. The highest BCUT2D eigenvalue weighted by Gasteiger charge is 2.29. The van der Waals surface area contributed by atoms with Crippen LogP contribution in [0, 0.1) is 0 Å². The Hall–Kier alpha value is -3.03. The third-order valence-electron chi connectivity index (χ3n) is 3.95. The van der Waals surface area contributed by atoms with Crippen LogP contribution in [-0.4, -0.2) is 35.3 Å². The van der Waals surface area contributed by atoms with Crippen molar-refractivity contribution in [2.24, 2.45) is 12.8 Å². The molecule has 1 aromatic carbocycles. The molecule has 0 spiro atoms. The Morgan fingerprint density at radius 1 is 1.46 bits per heavy atom. The summed E-state index contributed by atoms with van der Waals surface area (Å²) in [5.41, 5.74) is 6.94. The topological polar surface area (TPSA) is 108 Å². The van der Waals surface area contributed by atoms with E-state index in [2.05, 4.69) is 10.4 Å². The number of rotatable bonds is 5. The van der Waals surface area contributed by atoms with Crippen molar-refractivity contribution in [2.75, 3.05) is 19.0 Å². The van der Waals surface area contributed by atoms with Crippen molar-refractivity contribution in [3.63, 3.8) is 0 Å². The molecule has 1 aliphatic heterocycles. The fourth-order valence-corrected chi connectivity index (χ4v) is 2.81. The number of aromatic nitrogens is 2. The Balaban J connectivity index is 1.95. The van der Waals surface area contributed by atoms with Gasteiger partial charge in [0, 0.05) is 24.9 Å². The largest absolute Gasteiger partial charge is 0.493 e. The van der Waals surface area contributed by atoms with Gasteiger partial charge < -0.3 is 20.5 Å². The molecule has 1 atom stereocenters. The molecule has 0 aliphatic carbocycles. The van der Waals surface area contributed by atoms with Crippen molar-refractivity contribution in [1.29, 1.82) is 0 Å². The number of carbonyl (C=O) groups is 2. The van der Waals surface area contributed by atoms with Crippen molar-refractivity contribution in [2.45, 2.75) is 12.3 Å². The van der Waals surface area contributed by atoms with Gasteiger partial charge in [-0.05, 0) is 17.7 Å². The fraction of sp³-hybridized carbons (Fsp3) is 0.312. The van der Waals surface area contributed by atoms with Crippen molar-refractivity contribution in [3.8, 4) is 11.5 Å². The molecule has 0 saturated carbocycles. The minimum atomic E-state index is -0.565. The number of fused-ring (bicyclic) bond motifs is 1. The molecule has 1 aromatic heterocycles. The lowest BCUT2D eigenvalue weighted by Crippen LogP contribution is -2.24. The average Bonchev–Trinajstić information content (AvgIpc) is 2.93. The number of carbonyl (C=O) groups excluding carboxylic acids is 2. The monoisotopic (exact) mass is 330 g/mol. The first-order valence-corrected chi connectivity index (χ1v) is 7.40. The number of hydrogen-bond acceptors (Lipinski definition) is 5. The molecular weight excluding hydrogens is 312 g/mol. The summed E-state index contributed by atoms with van der Waals surface area (Å²) in [6.07, 6.45) is 2.08. The first-order valence-electron chi connectivity index (χ1n) is 7.40. The van der Waals surface area contributed by atoms with Gasteiger partial charge in [-0.3, -0.25) is 14.3 Å². The van der Waals surface area contributed by atoms with Crippen LogP contribution in [-0.2, 0) is 16.6 Å². The number of ether oxygens (including phenoxy) is 2. The molecule has 3 N–H and O–H groups in total. The van der Waals surface area contributed by atoms with E-state index in [9.17, 15) is 9.59 Å². The highest BCUT2D eigenvalue weighted by atomic mass is 16.5. The second-order valence-corrected chi connectivity index (χ2v) is 5.54. The SMILES string of the molecule is COc1cc(C2CC(=O)Nc3c2cnn3C)ccc1OCC(N)=O. The first-order chi connectivity index (χ1) is 11.5. The summed E-state index contributed by atoms with van der Waals surface area (Å²) in [6.45, 7) is -0.228. The first kappa shape index (κ1) is 15.9. The van der Waals surface area contributed by atoms with Gasteiger partial charge in [-0.1, -0.05) is 6.07 Å². The van der Waals surface area contributed by atoms with E-state index in [1.165, 1.54) is 7.11 Å². The van der Waals surface area contributed by atoms with Gasteiger partial charge in [-0.15, -0.1) is 0 Å². The molecule has 2 amide bonds. The third kappa shape index (κ3) is 2.90. The molecule has 0 radical (unpaired) electrons. The van der Waals surface area contributed by atoms with Gasteiger partial charge >= 0.3 is 0 Å². The Bertz CT molecular complexity index is 799. The summed E-state index contributed by atoms with van der Waals surface area (Å²) >= 11 is 0. The number of anilines is 1. The fourth-order valence-electron chi connectivity index (χ4n) is 2.81. The van der Waals surface area contributed by atoms with E-state index in [1.54, 1.807) is 30.1 Å². The summed E-state index contributed by atoms with van der Waals surface area (Å²) in [6, 6.07) is 5.36. The summed E-state index contributed by atoms with van der Waals surface area (Å²) in [7, 11) is 3.29. The zero-order valence-corrected chi connectivity index (χ0v) is 13.4. The number of nitrogens with zero attached hydrogens (tertiary/aromatic N) is 2. The van der Waals surface area contributed by atoms with Gasteiger partial charge in [0.1, 0.15) is 5.82 Å². The van der Waals surface area contributed by atoms with Crippen LogP contribution in [0.2, 0.25) is 0 Å². The van der Waals surface area contributed by atoms with Crippen LogP contribution in [0.3, 0.4) is 0 Å². The maximum Gasteiger partial charge on any atom is 0.255 e. The van der Waals surface area contributed by atoms with E-state index in [1.807, 2.05) is 6.07 Å². The molecule has 3 rings (SSSR count). The van der Waals surface area contributed by atoms with Crippen LogP contribution in [0.15, 0.2) is 24.4 Å². The highest BCUT2D eigenvalue weighted by molar-refractivity contribution is 5.94. The standard InChI is InChI=1S/C16H18N4O4/c1-20-16-11(7-18-20)10(6-15(22)19-16)9-3-4-12(13(5-9)23-2)24-8-14(17)21/h3-5,7,10H,6,8H2,1-2H3,(H2,17,21)(H,19,22). The molecular formula is C16H18N4O4. The van der Waals surface area contributed by atoms with Gasteiger partial charge in [0.25, 0.3) is 5.91 Å². The third-order valence-corrected chi connectivity index (χ3v) is 3.95. The maximum atomic E-state index is 12.0. The number of hydrogen-bond donors (Lipinski definition) is 2. The molecule has 2 heterocycles. The molecule has 1 unspecified atom stereocenters. The smallest absolute Gasteiger partial charge is 0.255 e. The number of primary amides is 1. The summed E-state index contributed by atoms with van der Waals surface area (Å²) in [5.74, 6) is 0.844. The Morgan fingerprint density at radius 2 is 2.25 bits per heavy atom. The van der Waals surface area contributed by atoms with Crippen LogP contribution >= 0.6 is 0 Å². The molecule has 8 heteroatoms. The van der Waals surface area contributed by atoms with Crippen molar-refractivity contribution < 1.29 is 19.1 Å². The zero-order valence-electron chi connectivity index (χ0n) is 13.4. The van der Waals surface area contributed by atoms with Gasteiger partial charge in [0.15, 0.2) is 18.1 Å². The lowest BCUT2D eigenvalue weighted by atomic mass is 9.87. The predicted octanol–water partition coefficient (Wildman–Crippen LogP) is 0.767. The van der Waals surface area contributed by atoms with Gasteiger partial charge in [-0.2, -0.15) is 5.10 Å². The van der Waals surface area contributed by atoms with Gasteiger partial charge in [0.2, 0.25) is 5.91 Å². The summed E-state index contributed by atoms with van der Waals surface area (Å²) < 4.78 is 12.3. The van der Waals surface area contributed by atoms with E-state index in [0.29, 0.717) is 23.7 Å². The minimum absolute atomic E-state index is 0.0656. The number of benzene rings is 1. The lowest BCUT2D eigenvalue weighted by Gasteiger charge is -2.24. The molecule has 0 fully saturated rings. The number of nitrogens with one attached hydrogen (secondary N) is 1. The quantitative estimate of drug-likeness (QED) is 0.841. The van der Waals surface area contributed by atoms with E-state index < -0.39 is 5.91 Å². The van der Waals surface area contributed by atoms with Crippen LogP contribution in [0.5, 0.6) is 11.5 Å². The number of methoxy groups -OCH3 is 1. The predicted molar refractivity (Wildman–Crippen MR) is 86.0 cm³/mol. The second-order valence-electron chi connectivity index (χ2n) is 5.54. The van der Waals surface area contributed by atoms with Crippen LogP contribution < -0.4 is 20.5 Å². The second kappa shape index (κ2) is 6.23. The minimum Gasteiger partial charge on any atom is -0.493 e. The van der Waals surface area contributed by atoms with E-state index in [0.717, 1.165) is 11.1 Å². The molecule has 2 aromatic rings. The lowest BCUT2D eigenvalue weighted by molar-refractivity contribution is -0.120. The number of nitrogens with two attached hydrogens (primary N) is 1. The Labute approximate surface area is 138 Å². The molecule has 0 bridgehead atoms. The summed E-state index contributed by atoms with van der Waals surface area (Å²) in [4.78, 5) is 22.9. The van der Waals surface area contributed by atoms with Crippen molar-refractivity contribution >= 4 is 17.6 Å².